The number of carbonyl (C=O) groups excluding carboxylic acids is 1. The molecule has 0 radical (unpaired) electrons. The highest BCUT2D eigenvalue weighted by Gasteiger charge is 2.26. The van der Waals surface area contributed by atoms with E-state index in [9.17, 15) is 14.3 Å². The Balaban J connectivity index is 4.27. The highest BCUT2D eigenvalue weighted by molar-refractivity contribution is 7.47. The molecule has 1 unspecified atom stereocenters. The molecule has 304 valence electrons. The predicted molar refractivity (Wildman–Crippen MR) is 215 cm³/mol. The van der Waals surface area contributed by atoms with E-state index in [2.05, 4.69) is 13.8 Å². The molecule has 1 N–H and O–H groups in total. The summed E-state index contributed by atoms with van der Waals surface area (Å²) in [5.74, 6) is -0.489. The number of allylic oxidation sites excluding steroid dienone is 1. The van der Waals surface area contributed by atoms with E-state index < -0.39 is 19.9 Å². The molecule has 51 heavy (non-hydrogen) atoms. The molecule has 0 aromatic heterocycles. The van der Waals surface area contributed by atoms with Gasteiger partial charge in [0, 0.05) is 12.7 Å². The molecule has 0 spiro atoms. The van der Waals surface area contributed by atoms with Gasteiger partial charge in [0.05, 0.1) is 34.4 Å². The number of hydrogen-bond acceptors (Lipinski definition) is 6. The number of esters is 1. The minimum absolute atomic E-state index is 0.0826. The molecule has 0 rings (SSSR count). The van der Waals surface area contributed by atoms with Gasteiger partial charge in [-0.1, -0.05) is 180 Å². The van der Waals surface area contributed by atoms with Crippen LogP contribution in [0.2, 0.25) is 0 Å². The predicted octanol–water partition coefficient (Wildman–Crippen LogP) is 12.3. The molecule has 0 amide bonds. The number of ether oxygens (including phenoxy) is 2. The van der Waals surface area contributed by atoms with Crippen molar-refractivity contribution in [2.75, 3.05) is 54.1 Å². The number of phosphoric acid groups is 1. The van der Waals surface area contributed by atoms with Gasteiger partial charge in [0.1, 0.15) is 19.3 Å². The van der Waals surface area contributed by atoms with Crippen LogP contribution in [0.3, 0.4) is 0 Å². The molecular formula is C42H85NO7P+. The molecule has 2 atom stereocenters. The first-order chi connectivity index (χ1) is 24.6. The van der Waals surface area contributed by atoms with Crippen molar-refractivity contribution in [3.05, 3.63) is 12.2 Å². The van der Waals surface area contributed by atoms with Crippen LogP contribution in [0.5, 0.6) is 0 Å². The molecule has 0 aromatic rings. The smallest absolute Gasteiger partial charge is 0.454 e. The van der Waals surface area contributed by atoms with Gasteiger partial charge in [-0.25, -0.2) is 9.36 Å². The van der Waals surface area contributed by atoms with Crippen LogP contribution >= 0.6 is 7.82 Å². The quantitative estimate of drug-likeness (QED) is 0.0219. The van der Waals surface area contributed by atoms with E-state index in [1.807, 2.05) is 27.2 Å². The second kappa shape index (κ2) is 36.2. The molecule has 0 heterocycles. The Kier molecular flexibility index (Phi) is 35.7. The summed E-state index contributed by atoms with van der Waals surface area (Å²) in [7, 11) is 1.65. The van der Waals surface area contributed by atoms with Gasteiger partial charge in [-0.05, 0) is 19.3 Å². The average Bonchev–Trinajstić information content (AvgIpc) is 3.08. The summed E-state index contributed by atoms with van der Waals surface area (Å²) in [5, 5.41) is 0. The fourth-order valence-corrected chi connectivity index (χ4v) is 6.78. The molecule has 8 nitrogen and oxygen atoms in total. The summed E-state index contributed by atoms with van der Waals surface area (Å²) in [6, 6.07) is 0. The van der Waals surface area contributed by atoms with Crippen molar-refractivity contribution in [1.82, 2.24) is 0 Å². The Morgan fingerprint density at radius 1 is 0.588 bits per heavy atom. The maximum absolute atomic E-state index is 12.6. The Labute approximate surface area is 316 Å². The third-order valence-electron chi connectivity index (χ3n) is 9.40. The molecule has 0 aliphatic carbocycles. The lowest BCUT2D eigenvalue weighted by molar-refractivity contribution is -0.870. The fourth-order valence-electron chi connectivity index (χ4n) is 6.04. The number of rotatable bonds is 40. The van der Waals surface area contributed by atoms with Gasteiger partial charge in [-0.2, -0.15) is 0 Å². The summed E-state index contributed by atoms with van der Waals surface area (Å²) in [6.07, 6.45) is 38.5. The Morgan fingerprint density at radius 2 is 1.00 bits per heavy atom. The zero-order chi connectivity index (χ0) is 37.7. The van der Waals surface area contributed by atoms with Crippen LogP contribution in [0.15, 0.2) is 12.2 Å². The largest absolute Gasteiger partial charge is 0.472 e. The lowest BCUT2D eigenvalue weighted by atomic mass is 10.0. The SMILES string of the molecule is CCCCCCCCCCCCCCCC=CC(=O)O[C@H](COCCCCCCCCCCCCCCCC)COP(=O)(O)OCC[N+](C)(C)C. The monoisotopic (exact) mass is 747 g/mol. The summed E-state index contributed by atoms with van der Waals surface area (Å²) in [4.78, 5) is 22.7. The molecule has 0 aliphatic heterocycles. The van der Waals surface area contributed by atoms with E-state index in [0.29, 0.717) is 17.6 Å². The Morgan fingerprint density at radius 3 is 1.43 bits per heavy atom. The van der Waals surface area contributed by atoms with Crippen molar-refractivity contribution in [2.24, 2.45) is 0 Å². The number of carbonyl (C=O) groups is 1. The first-order valence-electron chi connectivity index (χ1n) is 21.5. The van der Waals surface area contributed by atoms with Crippen LogP contribution in [0.4, 0.5) is 0 Å². The number of nitrogens with zero attached hydrogens (tertiary/aromatic N) is 1. The Hall–Kier alpha value is -0.760. The number of likely N-dealkylation sites (N-methyl/N-ethyl adjacent to an activating group) is 1. The van der Waals surface area contributed by atoms with E-state index in [1.165, 1.54) is 160 Å². The minimum Gasteiger partial charge on any atom is -0.454 e. The van der Waals surface area contributed by atoms with Crippen LogP contribution in [-0.4, -0.2) is 75.6 Å². The van der Waals surface area contributed by atoms with Crippen molar-refractivity contribution in [2.45, 2.75) is 200 Å². The van der Waals surface area contributed by atoms with E-state index in [0.717, 1.165) is 25.7 Å². The Bertz CT molecular complexity index is 833. The fraction of sp³-hybridized carbons (Fsp3) is 0.929. The zero-order valence-electron chi connectivity index (χ0n) is 34.4. The lowest BCUT2D eigenvalue weighted by Gasteiger charge is -2.24. The van der Waals surface area contributed by atoms with Crippen LogP contribution in [0.1, 0.15) is 194 Å². The first kappa shape index (κ1) is 50.2. The molecule has 0 aromatic carbocycles. The molecule has 9 heteroatoms. The number of phosphoric ester groups is 1. The normalized spacial score (nSPS) is 13.9. The highest BCUT2D eigenvalue weighted by atomic mass is 31.2. The lowest BCUT2D eigenvalue weighted by Crippen LogP contribution is -2.37. The minimum atomic E-state index is -4.28. The van der Waals surface area contributed by atoms with E-state index >= 15 is 0 Å². The average molecular weight is 747 g/mol. The van der Waals surface area contributed by atoms with E-state index in [4.69, 9.17) is 18.5 Å². The molecule has 0 saturated carbocycles. The van der Waals surface area contributed by atoms with Crippen molar-refractivity contribution >= 4 is 13.8 Å². The van der Waals surface area contributed by atoms with Crippen LogP contribution in [0.25, 0.3) is 0 Å². The van der Waals surface area contributed by atoms with Crippen molar-refractivity contribution < 1.29 is 37.3 Å². The van der Waals surface area contributed by atoms with E-state index in [-0.39, 0.29) is 19.8 Å². The molecular weight excluding hydrogens is 661 g/mol. The second-order valence-electron chi connectivity index (χ2n) is 15.8. The van der Waals surface area contributed by atoms with Crippen LogP contribution in [-0.2, 0) is 27.9 Å². The third-order valence-corrected chi connectivity index (χ3v) is 10.4. The van der Waals surface area contributed by atoms with Gasteiger partial charge >= 0.3 is 13.8 Å². The molecule has 0 fully saturated rings. The van der Waals surface area contributed by atoms with Gasteiger partial charge in [0.25, 0.3) is 0 Å². The number of hydrogen-bond donors (Lipinski definition) is 1. The summed E-state index contributed by atoms with van der Waals surface area (Å²) in [6.45, 7) is 5.56. The van der Waals surface area contributed by atoms with Gasteiger partial charge in [-0.15, -0.1) is 0 Å². The maximum Gasteiger partial charge on any atom is 0.472 e. The molecule has 0 aliphatic rings. The van der Waals surface area contributed by atoms with Crippen molar-refractivity contribution in [3.63, 3.8) is 0 Å². The molecule has 0 saturated heterocycles. The van der Waals surface area contributed by atoms with Crippen molar-refractivity contribution in [1.29, 1.82) is 0 Å². The van der Waals surface area contributed by atoms with Crippen LogP contribution in [0, 0.1) is 0 Å². The standard InChI is InChI=1S/C42H84NO7P/c1-6-8-10-12-14-16-18-20-22-23-25-27-29-31-33-35-42(44)50-41(40-49-51(45,46)48-38-36-43(3,4)5)39-47-37-34-32-30-28-26-24-21-19-17-15-13-11-9-7-2/h33,35,41H,6-32,34,36-40H2,1-5H3/p+1/t41-/m1/s1. The van der Waals surface area contributed by atoms with E-state index in [1.54, 1.807) is 0 Å². The highest BCUT2D eigenvalue weighted by Crippen LogP contribution is 2.43. The van der Waals surface area contributed by atoms with Gasteiger partial charge in [-0.3, -0.25) is 9.05 Å². The third kappa shape index (κ3) is 40.3. The number of unbranched alkanes of at least 4 members (excludes halogenated alkanes) is 26. The zero-order valence-corrected chi connectivity index (χ0v) is 35.3. The maximum atomic E-state index is 12.6. The molecule has 0 bridgehead atoms. The first-order valence-corrected chi connectivity index (χ1v) is 23.0. The summed E-state index contributed by atoms with van der Waals surface area (Å²) in [5.41, 5.74) is 0. The summed E-state index contributed by atoms with van der Waals surface area (Å²) >= 11 is 0. The summed E-state index contributed by atoms with van der Waals surface area (Å²) < 4.78 is 34.8. The number of quaternary nitrogens is 1. The van der Waals surface area contributed by atoms with Gasteiger partial charge in [0.2, 0.25) is 0 Å². The van der Waals surface area contributed by atoms with Crippen molar-refractivity contribution in [3.8, 4) is 0 Å². The van der Waals surface area contributed by atoms with Gasteiger partial charge < -0.3 is 18.9 Å². The van der Waals surface area contributed by atoms with Gasteiger partial charge in [0.15, 0.2) is 0 Å². The van der Waals surface area contributed by atoms with Crippen LogP contribution < -0.4 is 0 Å². The topological polar surface area (TPSA) is 91.3 Å². The second-order valence-corrected chi connectivity index (χ2v) is 17.2.